The Morgan fingerprint density at radius 3 is 2.48 bits per heavy atom. The minimum atomic E-state index is 0.846. The fraction of sp³-hybridized carbons (Fsp3) is 0.167. The Bertz CT molecular complexity index is 732. The lowest BCUT2D eigenvalue weighted by Crippen LogP contribution is -1.88. The fourth-order valence-electron chi connectivity index (χ4n) is 2.56. The van der Waals surface area contributed by atoms with Crippen molar-refractivity contribution >= 4 is 0 Å². The predicted molar refractivity (Wildman–Crippen MR) is 85.4 cm³/mol. The molecule has 0 aliphatic carbocycles. The van der Waals surface area contributed by atoms with Crippen molar-refractivity contribution < 1.29 is 4.74 Å². The molecule has 0 fully saturated rings. The van der Waals surface area contributed by atoms with Crippen LogP contribution in [-0.2, 0) is 6.42 Å². The van der Waals surface area contributed by atoms with Crippen molar-refractivity contribution in [3.63, 3.8) is 0 Å². The number of ether oxygens (including phenoxy) is 1. The average Bonchev–Trinajstić information content (AvgIpc) is 2.99. The molecular formula is C18H18N2O. The van der Waals surface area contributed by atoms with Crippen LogP contribution in [0.5, 0.6) is 5.75 Å². The lowest BCUT2D eigenvalue weighted by Gasteiger charge is -2.05. The molecule has 1 aromatic heterocycles. The van der Waals surface area contributed by atoms with Crippen molar-refractivity contribution in [1.29, 1.82) is 0 Å². The zero-order valence-corrected chi connectivity index (χ0v) is 12.3. The maximum Gasteiger partial charge on any atom is 0.119 e. The van der Waals surface area contributed by atoms with Gasteiger partial charge in [-0.1, -0.05) is 49.4 Å². The molecule has 0 radical (unpaired) electrons. The van der Waals surface area contributed by atoms with Crippen LogP contribution in [0.4, 0.5) is 0 Å². The van der Waals surface area contributed by atoms with E-state index in [1.807, 2.05) is 36.4 Å². The van der Waals surface area contributed by atoms with Crippen LogP contribution in [0.2, 0.25) is 0 Å². The molecule has 0 amide bonds. The van der Waals surface area contributed by atoms with Crippen LogP contribution in [0.1, 0.15) is 12.5 Å². The summed E-state index contributed by atoms with van der Waals surface area (Å²) in [6.45, 7) is 2.15. The number of hydrogen-bond acceptors (Lipinski definition) is 2. The largest absolute Gasteiger partial charge is 0.497 e. The number of aromatic amines is 1. The van der Waals surface area contributed by atoms with Gasteiger partial charge >= 0.3 is 0 Å². The first kappa shape index (κ1) is 13.4. The van der Waals surface area contributed by atoms with Gasteiger partial charge in [0.2, 0.25) is 0 Å². The van der Waals surface area contributed by atoms with Gasteiger partial charge in [-0.25, -0.2) is 0 Å². The number of aromatic nitrogens is 2. The summed E-state index contributed by atoms with van der Waals surface area (Å²) in [5.74, 6) is 0.846. The number of methoxy groups -OCH3 is 1. The Labute approximate surface area is 124 Å². The normalized spacial score (nSPS) is 10.6. The highest BCUT2D eigenvalue weighted by molar-refractivity contribution is 5.74. The van der Waals surface area contributed by atoms with Crippen molar-refractivity contribution in [2.45, 2.75) is 13.3 Å². The molecule has 1 N–H and O–H groups in total. The Morgan fingerprint density at radius 2 is 1.76 bits per heavy atom. The van der Waals surface area contributed by atoms with E-state index < -0.39 is 0 Å². The molecule has 0 saturated heterocycles. The van der Waals surface area contributed by atoms with Gasteiger partial charge in [-0.2, -0.15) is 5.10 Å². The molecule has 1 heterocycles. The molecule has 0 bridgehead atoms. The molecule has 0 saturated carbocycles. The first-order valence-corrected chi connectivity index (χ1v) is 7.10. The highest BCUT2D eigenvalue weighted by Crippen LogP contribution is 2.31. The standard InChI is InChI=1S/C18H18N2O/c1-3-16-17(13-8-5-4-6-9-13)19-20-18(16)14-10-7-11-15(12-14)21-2/h4-12H,3H2,1-2H3,(H,19,20). The van der Waals surface area contributed by atoms with E-state index in [2.05, 4.69) is 35.3 Å². The van der Waals surface area contributed by atoms with Crippen LogP contribution < -0.4 is 4.74 Å². The topological polar surface area (TPSA) is 37.9 Å². The third-order valence-electron chi connectivity index (χ3n) is 3.63. The van der Waals surface area contributed by atoms with E-state index in [4.69, 9.17) is 4.74 Å². The minimum Gasteiger partial charge on any atom is -0.497 e. The summed E-state index contributed by atoms with van der Waals surface area (Å²) in [6.07, 6.45) is 0.924. The maximum absolute atomic E-state index is 5.30. The monoisotopic (exact) mass is 278 g/mol. The second-order valence-corrected chi connectivity index (χ2v) is 4.88. The highest BCUT2D eigenvalue weighted by atomic mass is 16.5. The van der Waals surface area contributed by atoms with Gasteiger partial charge < -0.3 is 4.74 Å². The second kappa shape index (κ2) is 5.83. The Hall–Kier alpha value is -2.55. The SMILES string of the molecule is CCc1c(-c2cccc(OC)c2)n[nH]c1-c1ccccc1. The lowest BCUT2D eigenvalue weighted by molar-refractivity contribution is 0.415. The smallest absolute Gasteiger partial charge is 0.119 e. The van der Waals surface area contributed by atoms with Gasteiger partial charge in [-0.3, -0.25) is 5.10 Å². The minimum absolute atomic E-state index is 0.846. The van der Waals surface area contributed by atoms with Gasteiger partial charge in [0.15, 0.2) is 0 Å². The van der Waals surface area contributed by atoms with Gasteiger partial charge in [0.05, 0.1) is 18.5 Å². The van der Waals surface area contributed by atoms with Crippen LogP contribution >= 0.6 is 0 Å². The van der Waals surface area contributed by atoms with Crippen molar-refractivity contribution in [1.82, 2.24) is 10.2 Å². The molecule has 3 rings (SSSR count). The molecule has 0 spiro atoms. The molecule has 106 valence electrons. The van der Waals surface area contributed by atoms with Gasteiger partial charge in [0.25, 0.3) is 0 Å². The molecule has 0 unspecified atom stereocenters. The van der Waals surface area contributed by atoms with Crippen molar-refractivity contribution in [3.8, 4) is 28.3 Å². The Kier molecular flexibility index (Phi) is 3.73. The number of nitrogens with zero attached hydrogens (tertiary/aromatic N) is 1. The fourth-order valence-corrected chi connectivity index (χ4v) is 2.56. The molecule has 2 aromatic carbocycles. The maximum atomic E-state index is 5.30. The van der Waals surface area contributed by atoms with Gasteiger partial charge in [0.1, 0.15) is 5.75 Å². The number of benzene rings is 2. The average molecular weight is 278 g/mol. The van der Waals surface area contributed by atoms with E-state index in [1.165, 1.54) is 5.56 Å². The first-order chi connectivity index (χ1) is 10.3. The summed E-state index contributed by atoms with van der Waals surface area (Å²) in [6, 6.07) is 18.3. The third-order valence-corrected chi connectivity index (χ3v) is 3.63. The summed E-state index contributed by atoms with van der Waals surface area (Å²) in [5.41, 5.74) is 5.56. The highest BCUT2D eigenvalue weighted by Gasteiger charge is 2.14. The number of rotatable bonds is 4. The molecule has 21 heavy (non-hydrogen) atoms. The molecule has 0 aliphatic rings. The van der Waals surface area contributed by atoms with Crippen LogP contribution in [-0.4, -0.2) is 17.3 Å². The predicted octanol–water partition coefficient (Wildman–Crippen LogP) is 4.31. The van der Waals surface area contributed by atoms with Crippen LogP contribution in [0.25, 0.3) is 22.5 Å². The lowest BCUT2D eigenvalue weighted by atomic mass is 10.00. The molecule has 0 aliphatic heterocycles. The number of nitrogens with one attached hydrogen (secondary N) is 1. The van der Waals surface area contributed by atoms with Crippen LogP contribution in [0.3, 0.4) is 0 Å². The summed E-state index contributed by atoms with van der Waals surface area (Å²) in [4.78, 5) is 0. The van der Waals surface area contributed by atoms with Gasteiger partial charge in [-0.15, -0.1) is 0 Å². The molecule has 3 nitrogen and oxygen atoms in total. The van der Waals surface area contributed by atoms with E-state index in [1.54, 1.807) is 7.11 Å². The van der Waals surface area contributed by atoms with Crippen LogP contribution in [0.15, 0.2) is 54.6 Å². The third kappa shape index (κ3) is 2.55. The zero-order chi connectivity index (χ0) is 14.7. The summed E-state index contributed by atoms with van der Waals surface area (Å²) >= 11 is 0. The van der Waals surface area contributed by atoms with Gasteiger partial charge in [-0.05, 0) is 24.1 Å². The van der Waals surface area contributed by atoms with E-state index in [-0.39, 0.29) is 0 Å². The van der Waals surface area contributed by atoms with E-state index in [0.717, 1.165) is 34.7 Å². The quantitative estimate of drug-likeness (QED) is 0.772. The Morgan fingerprint density at radius 1 is 1.00 bits per heavy atom. The number of hydrogen-bond donors (Lipinski definition) is 1. The van der Waals surface area contributed by atoms with Crippen molar-refractivity contribution in [2.75, 3.05) is 7.11 Å². The van der Waals surface area contributed by atoms with Gasteiger partial charge in [0, 0.05) is 11.1 Å². The zero-order valence-electron chi connectivity index (χ0n) is 12.3. The first-order valence-electron chi connectivity index (χ1n) is 7.10. The molecule has 3 aromatic rings. The van der Waals surface area contributed by atoms with Crippen molar-refractivity contribution in [3.05, 3.63) is 60.2 Å². The molecule has 3 heteroatoms. The number of H-pyrrole nitrogens is 1. The van der Waals surface area contributed by atoms with Crippen molar-refractivity contribution in [2.24, 2.45) is 0 Å². The molecular weight excluding hydrogens is 260 g/mol. The summed E-state index contributed by atoms with van der Waals surface area (Å²) in [7, 11) is 1.68. The summed E-state index contributed by atoms with van der Waals surface area (Å²) in [5, 5.41) is 7.72. The van der Waals surface area contributed by atoms with E-state index in [9.17, 15) is 0 Å². The van der Waals surface area contributed by atoms with Crippen LogP contribution in [0, 0.1) is 0 Å². The second-order valence-electron chi connectivity index (χ2n) is 4.88. The Balaban J connectivity index is 2.10. The molecule has 0 atom stereocenters. The van der Waals surface area contributed by atoms with E-state index in [0.29, 0.717) is 0 Å². The van der Waals surface area contributed by atoms with E-state index >= 15 is 0 Å². The summed E-state index contributed by atoms with van der Waals surface area (Å²) < 4.78 is 5.30.